The van der Waals surface area contributed by atoms with Crippen molar-refractivity contribution in [2.45, 2.75) is 50.5 Å². The summed E-state index contributed by atoms with van der Waals surface area (Å²) in [6.07, 6.45) is 6.46. The summed E-state index contributed by atoms with van der Waals surface area (Å²) in [4.78, 5) is 6.91. The molecule has 3 heterocycles. The second-order valence-corrected chi connectivity index (χ2v) is 9.65. The van der Waals surface area contributed by atoms with E-state index in [0.29, 0.717) is 30.3 Å². The third-order valence-electron chi connectivity index (χ3n) is 5.65. The van der Waals surface area contributed by atoms with Gasteiger partial charge in [-0.25, -0.2) is 13.4 Å². The van der Waals surface area contributed by atoms with Crippen molar-refractivity contribution in [3.05, 3.63) is 47.7 Å². The van der Waals surface area contributed by atoms with Crippen LogP contribution in [-0.4, -0.2) is 43.9 Å². The normalized spacial score (nSPS) is 17.8. The molecule has 0 unspecified atom stereocenters. The van der Waals surface area contributed by atoms with Gasteiger partial charge in [-0.1, -0.05) is 19.4 Å². The number of fused-ring (bicyclic) bond motifs is 1. The molecule has 0 spiro atoms. The summed E-state index contributed by atoms with van der Waals surface area (Å²) in [6, 6.07) is 9.63. The molecule has 7 heteroatoms. The summed E-state index contributed by atoms with van der Waals surface area (Å²) in [7, 11) is -3.53. The smallest absolute Gasteiger partial charge is 0.246 e. The molecule has 156 valence electrons. The lowest BCUT2D eigenvalue weighted by atomic mass is 9.99. The Bertz CT molecular complexity index is 956. The molecule has 1 aromatic carbocycles. The Morgan fingerprint density at radius 1 is 1.07 bits per heavy atom. The van der Waals surface area contributed by atoms with Crippen LogP contribution in [0, 0.1) is 0 Å². The summed E-state index contributed by atoms with van der Waals surface area (Å²) < 4.78 is 33.9. The zero-order valence-electron chi connectivity index (χ0n) is 17.0. The molecule has 1 saturated heterocycles. The number of pyridine rings is 1. The molecule has 29 heavy (non-hydrogen) atoms. The average Bonchev–Trinajstić information content (AvgIpc) is 2.78. The molecule has 1 fully saturated rings. The molecule has 0 aliphatic carbocycles. The minimum atomic E-state index is -3.53. The number of sulfonamides is 1. The van der Waals surface area contributed by atoms with Crippen molar-refractivity contribution < 1.29 is 13.2 Å². The summed E-state index contributed by atoms with van der Waals surface area (Å²) in [6.45, 7) is 5.40. The predicted molar refractivity (Wildman–Crippen MR) is 114 cm³/mol. The van der Waals surface area contributed by atoms with Crippen molar-refractivity contribution in [3.63, 3.8) is 0 Å². The van der Waals surface area contributed by atoms with Crippen LogP contribution < -0.4 is 9.64 Å². The van der Waals surface area contributed by atoms with E-state index in [0.717, 1.165) is 51.0 Å². The number of rotatable bonds is 6. The van der Waals surface area contributed by atoms with Crippen molar-refractivity contribution >= 4 is 15.8 Å². The van der Waals surface area contributed by atoms with Gasteiger partial charge in [0.15, 0.2) is 0 Å². The van der Waals surface area contributed by atoms with Crippen molar-refractivity contribution in [1.82, 2.24) is 9.29 Å². The largest absolute Gasteiger partial charge is 0.494 e. The van der Waals surface area contributed by atoms with E-state index >= 15 is 0 Å². The van der Waals surface area contributed by atoms with Gasteiger partial charge in [-0.05, 0) is 61.1 Å². The Kier molecular flexibility index (Phi) is 6.06. The maximum Gasteiger partial charge on any atom is 0.246 e. The number of piperidine rings is 1. The molecule has 1 aromatic heterocycles. The van der Waals surface area contributed by atoms with Gasteiger partial charge < -0.3 is 9.64 Å². The Balaban J connectivity index is 1.59. The zero-order valence-corrected chi connectivity index (χ0v) is 17.8. The Labute approximate surface area is 173 Å². The first-order valence-electron chi connectivity index (χ1n) is 10.5. The van der Waals surface area contributed by atoms with E-state index in [2.05, 4.69) is 28.9 Å². The molecular formula is C22H29N3O3S. The van der Waals surface area contributed by atoms with Crippen LogP contribution in [0.5, 0.6) is 5.75 Å². The van der Waals surface area contributed by atoms with E-state index in [1.54, 1.807) is 22.6 Å². The van der Waals surface area contributed by atoms with Gasteiger partial charge in [0.05, 0.1) is 6.61 Å². The summed E-state index contributed by atoms with van der Waals surface area (Å²) in [5.41, 5.74) is 2.47. The van der Waals surface area contributed by atoms with E-state index < -0.39 is 10.0 Å². The molecule has 0 bridgehead atoms. The first-order valence-corrected chi connectivity index (χ1v) is 12.0. The fourth-order valence-corrected chi connectivity index (χ4v) is 5.77. The quantitative estimate of drug-likeness (QED) is 0.721. The Hall–Kier alpha value is -2.12. The van der Waals surface area contributed by atoms with E-state index in [9.17, 15) is 8.42 Å². The number of ether oxygens (including phenoxy) is 1. The molecule has 0 atom stereocenters. The lowest BCUT2D eigenvalue weighted by Gasteiger charge is -2.32. The zero-order chi connectivity index (χ0) is 20.3. The molecule has 0 amide bonds. The van der Waals surface area contributed by atoms with Crippen LogP contribution in [0.15, 0.2) is 41.4 Å². The highest BCUT2D eigenvalue weighted by atomic mass is 32.2. The monoisotopic (exact) mass is 415 g/mol. The molecule has 0 N–H and O–H groups in total. The van der Waals surface area contributed by atoms with Crippen LogP contribution in [0.1, 0.15) is 43.7 Å². The highest BCUT2D eigenvalue weighted by Gasteiger charge is 2.31. The summed E-state index contributed by atoms with van der Waals surface area (Å²) >= 11 is 0. The van der Waals surface area contributed by atoms with Crippen molar-refractivity contribution in [2.75, 3.05) is 31.1 Å². The number of hydrogen-bond donors (Lipinski definition) is 0. The highest BCUT2D eigenvalue weighted by Crippen LogP contribution is 2.32. The maximum atomic E-state index is 13.3. The second-order valence-electron chi connectivity index (χ2n) is 7.74. The number of anilines is 1. The third-order valence-corrected chi connectivity index (χ3v) is 7.57. The van der Waals surface area contributed by atoms with Crippen LogP contribution in [0.4, 0.5) is 5.82 Å². The van der Waals surface area contributed by atoms with Gasteiger partial charge in [0.1, 0.15) is 16.5 Å². The van der Waals surface area contributed by atoms with Gasteiger partial charge in [0.25, 0.3) is 0 Å². The molecule has 4 rings (SSSR count). The van der Waals surface area contributed by atoms with Gasteiger partial charge in [-0.3, -0.25) is 0 Å². The van der Waals surface area contributed by atoms with Gasteiger partial charge in [-0.2, -0.15) is 4.31 Å². The van der Waals surface area contributed by atoms with Crippen molar-refractivity contribution in [3.8, 4) is 5.75 Å². The van der Waals surface area contributed by atoms with E-state index in [1.807, 2.05) is 6.07 Å². The maximum absolute atomic E-state index is 13.3. The summed E-state index contributed by atoms with van der Waals surface area (Å²) in [5, 5.41) is 0. The number of aromatic nitrogens is 1. The molecule has 2 aromatic rings. The summed E-state index contributed by atoms with van der Waals surface area (Å²) in [5.74, 6) is 1.47. The van der Waals surface area contributed by atoms with Crippen LogP contribution in [0.3, 0.4) is 0 Å². The van der Waals surface area contributed by atoms with E-state index in [1.165, 1.54) is 11.1 Å². The lowest BCUT2D eigenvalue weighted by Crippen LogP contribution is -2.38. The second kappa shape index (κ2) is 8.71. The fourth-order valence-electron chi connectivity index (χ4n) is 4.09. The molecule has 0 saturated carbocycles. The lowest BCUT2D eigenvalue weighted by molar-refractivity contribution is 0.317. The molecule has 2 aliphatic rings. The molecule has 0 radical (unpaired) electrons. The standard InChI is InChI=1S/C22H29N3O3S/c1-2-15-28-20-9-8-19-17-24(14-10-18(19)16-20)22-21(7-6-11-23-22)29(26,27)25-12-4-3-5-13-25/h6-9,11,16H,2-5,10,12-15,17H2,1H3. The minimum Gasteiger partial charge on any atom is -0.494 e. The van der Waals surface area contributed by atoms with Gasteiger partial charge >= 0.3 is 0 Å². The first kappa shape index (κ1) is 20.2. The van der Waals surface area contributed by atoms with E-state index in [4.69, 9.17) is 4.74 Å². The van der Waals surface area contributed by atoms with Crippen LogP contribution in [0.2, 0.25) is 0 Å². The Morgan fingerprint density at radius 3 is 2.69 bits per heavy atom. The van der Waals surface area contributed by atoms with Gasteiger partial charge in [0.2, 0.25) is 10.0 Å². The number of benzene rings is 1. The molecular weight excluding hydrogens is 386 g/mol. The number of nitrogens with zero attached hydrogens (tertiary/aromatic N) is 3. The van der Waals surface area contributed by atoms with Crippen LogP contribution >= 0.6 is 0 Å². The highest BCUT2D eigenvalue weighted by molar-refractivity contribution is 7.89. The van der Waals surface area contributed by atoms with Crippen molar-refractivity contribution in [1.29, 1.82) is 0 Å². The van der Waals surface area contributed by atoms with Gasteiger partial charge in [0, 0.05) is 32.4 Å². The predicted octanol–water partition coefficient (Wildman–Crippen LogP) is 3.61. The number of hydrogen-bond acceptors (Lipinski definition) is 5. The molecule has 2 aliphatic heterocycles. The molecule has 6 nitrogen and oxygen atoms in total. The third kappa shape index (κ3) is 4.26. The van der Waals surface area contributed by atoms with E-state index in [-0.39, 0.29) is 0 Å². The van der Waals surface area contributed by atoms with Crippen molar-refractivity contribution in [2.24, 2.45) is 0 Å². The van der Waals surface area contributed by atoms with Crippen LogP contribution in [0.25, 0.3) is 0 Å². The van der Waals surface area contributed by atoms with Crippen LogP contribution in [-0.2, 0) is 23.0 Å². The SMILES string of the molecule is CCCOc1ccc2c(c1)CCN(c1ncccc1S(=O)(=O)N1CCCCC1)C2. The van der Waals surface area contributed by atoms with Gasteiger partial charge in [-0.15, -0.1) is 0 Å². The fraction of sp³-hybridized carbons (Fsp3) is 0.500. The topological polar surface area (TPSA) is 62.7 Å². The first-order chi connectivity index (χ1) is 14.1. The average molecular weight is 416 g/mol. The minimum absolute atomic E-state index is 0.327. The Morgan fingerprint density at radius 2 is 1.90 bits per heavy atom.